The summed E-state index contributed by atoms with van der Waals surface area (Å²) in [4.78, 5) is 0. The summed E-state index contributed by atoms with van der Waals surface area (Å²) in [6, 6.07) is 40.5. The molecule has 0 radical (unpaired) electrons. The van der Waals surface area contributed by atoms with Gasteiger partial charge in [0.1, 0.15) is 34.6 Å². The first-order chi connectivity index (χ1) is 39.4. The molecule has 0 spiro atoms. The van der Waals surface area contributed by atoms with Gasteiger partial charge in [0.15, 0.2) is 0 Å². The van der Waals surface area contributed by atoms with Crippen molar-refractivity contribution in [2.75, 3.05) is 13.2 Å². The summed E-state index contributed by atoms with van der Waals surface area (Å²) in [6.07, 6.45) is 0.395. The number of aromatic hydroxyl groups is 2. The van der Waals surface area contributed by atoms with Crippen LogP contribution in [0, 0.1) is 25.5 Å². The Morgan fingerprint density at radius 3 is 1.01 bits per heavy atom. The molecule has 0 bridgehead atoms. The number of nitrogens with zero attached hydrogens (tertiary/aromatic N) is 2. The van der Waals surface area contributed by atoms with Gasteiger partial charge in [-0.05, 0) is 170 Å². The van der Waals surface area contributed by atoms with Gasteiger partial charge in [-0.15, -0.1) is 0 Å². The average molecular weight is 1140 g/mol. The Kier molecular flexibility index (Phi) is 15.1. The summed E-state index contributed by atoms with van der Waals surface area (Å²) in [6.45, 7) is 43.4. The number of aromatic nitrogens is 2. The van der Waals surface area contributed by atoms with Gasteiger partial charge in [-0.25, -0.2) is 8.78 Å². The summed E-state index contributed by atoms with van der Waals surface area (Å²) >= 11 is 0. The van der Waals surface area contributed by atoms with Gasteiger partial charge >= 0.3 is 0 Å². The van der Waals surface area contributed by atoms with Crippen molar-refractivity contribution in [2.24, 2.45) is 0 Å². The maximum Gasteiger partial charge on any atom is 0.147 e. The van der Waals surface area contributed by atoms with Crippen molar-refractivity contribution in [1.82, 2.24) is 9.13 Å². The Labute approximate surface area is 503 Å². The standard InChI is InChI=1S/C77H88F2N2O4/c1-44-32-52(78)42-60(58-35-50(76(15,16)17)40-66(68(58)82)80-62-29-25-46(72(3,4)5)34-57(62)56-28-24-49(39-65(56)80)75(12,13)14)70(44)84-30-21-31-85-71-45(2)33-53(79)43-61(71)59-36-51(77(18,19)20)41-67(69(59)83)81-63-37-47(73(6,7)8)22-26-54(63)55-27-23-48(38-64(55)81)74(9,10)11/h22-29,32-43,82-83H,21,30-31H2,1-20H3. The second-order valence-electron chi connectivity index (χ2n) is 30.1. The average Bonchev–Trinajstić information content (AvgIpc) is 1.70. The van der Waals surface area contributed by atoms with Crippen molar-refractivity contribution in [3.05, 3.63) is 177 Å². The van der Waals surface area contributed by atoms with Gasteiger partial charge in [0, 0.05) is 50.2 Å². The van der Waals surface area contributed by atoms with Gasteiger partial charge in [0.2, 0.25) is 0 Å². The number of rotatable bonds is 10. The quantitative estimate of drug-likeness (QED) is 0.134. The van der Waals surface area contributed by atoms with E-state index in [-0.39, 0.29) is 57.2 Å². The van der Waals surface area contributed by atoms with Crippen LogP contribution in [0.2, 0.25) is 0 Å². The molecule has 10 aromatic rings. The van der Waals surface area contributed by atoms with E-state index in [0.29, 0.717) is 62.7 Å². The molecule has 2 N–H and O–H groups in total. The van der Waals surface area contributed by atoms with E-state index in [0.717, 1.165) is 54.7 Å². The molecule has 8 heteroatoms. The van der Waals surface area contributed by atoms with Crippen LogP contribution in [-0.2, 0) is 32.5 Å². The lowest BCUT2D eigenvalue weighted by Gasteiger charge is -2.25. The fraction of sp³-hybridized carbons (Fsp3) is 0.377. The molecule has 8 aromatic carbocycles. The Morgan fingerprint density at radius 2 is 0.659 bits per heavy atom. The topological polar surface area (TPSA) is 68.8 Å². The number of phenols is 2. The molecule has 10 rings (SSSR count). The molecule has 0 aliphatic carbocycles. The molecule has 444 valence electrons. The number of benzene rings is 8. The maximum absolute atomic E-state index is 16.0. The Hall–Kier alpha value is -7.58. The largest absolute Gasteiger partial charge is 0.505 e. The Bertz CT molecular complexity index is 4210. The van der Waals surface area contributed by atoms with E-state index in [4.69, 9.17) is 9.47 Å². The highest BCUT2D eigenvalue weighted by Crippen LogP contribution is 2.50. The zero-order chi connectivity index (χ0) is 62.0. The summed E-state index contributed by atoms with van der Waals surface area (Å²) in [5, 5.41) is 30.2. The van der Waals surface area contributed by atoms with E-state index in [1.807, 2.05) is 26.0 Å². The first kappa shape index (κ1) is 60.5. The van der Waals surface area contributed by atoms with Gasteiger partial charge in [-0.3, -0.25) is 0 Å². The summed E-state index contributed by atoms with van der Waals surface area (Å²) in [7, 11) is 0. The van der Waals surface area contributed by atoms with Gasteiger partial charge in [-0.1, -0.05) is 167 Å². The Balaban J connectivity index is 1.03. The van der Waals surface area contributed by atoms with E-state index >= 15 is 8.78 Å². The highest BCUT2D eigenvalue weighted by atomic mass is 19.1. The normalized spacial score (nSPS) is 13.1. The van der Waals surface area contributed by atoms with Crippen LogP contribution in [-0.4, -0.2) is 32.6 Å². The van der Waals surface area contributed by atoms with E-state index in [1.165, 1.54) is 46.5 Å². The number of phenolic OH excluding ortho intramolecular Hbond substituents is 2. The summed E-state index contributed by atoms with van der Waals surface area (Å²) < 4.78 is 49.8. The summed E-state index contributed by atoms with van der Waals surface area (Å²) in [5.41, 5.74) is 13.4. The van der Waals surface area contributed by atoms with Crippen LogP contribution < -0.4 is 9.47 Å². The predicted octanol–water partition coefficient (Wildman–Crippen LogP) is 21.2. The first-order valence-electron chi connectivity index (χ1n) is 30.2. The SMILES string of the molecule is Cc1cc(F)cc(-c2cc(C(C)(C)C)cc(-n3c4ccc(C(C)(C)C)cc4c4ccc(C(C)(C)C)cc43)c2O)c1OCCCOc1c(C)cc(F)cc1-c1cc(C(C)(C)C)cc(-n2c3cc(C(C)(C)C)ccc3c3ccc(C(C)(C)C)cc32)c1O. The zero-order valence-electron chi connectivity index (χ0n) is 54.0. The highest BCUT2D eigenvalue weighted by molar-refractivity contribution is 6.11. The molecular formula is C77H88F2N2O4. The Morgan fingerprint density at radius 1 is 0.341 bits per heavy atom. The van der Waals surface area contributed by atoms with Crippen LogP contribution in [0.25, 0.3) is 77.2 Å². The molecule has 2 aromatic heterocycles. The fourth-order valence-electron chi connectivity index (χ4n) is 11.9. The number of halogens is 2. The predicted molar refractivity (Wildman–Crippen MR) is 353 cm³/mol. The van der Waals surface area contributed by atoms with Crippen LogP contribution in [0.5, 0.6) is 23.0 Å². The second kappa shape index (κ2) is 21.1. The number of fused-ring (bicyclic) bond motifs is 6. The number of aryl methyl sites for hydroxylation is 2. The zero-order valence-corrected chi connectivity index (χ0v) is 54.0. The highest BCUT2D eigenvalue weighted by Gasteiger charge is 2.30. The molecular weight excluding hydrogens is 1050 g/mol. The van der Waals surface area contributed by atoms with Gasteiger partial charge in [-0.2, -0.15) is 0 Å². The minimum atomic E-state index is -0.449. The van der Waals surface area contributed by atoms with E-state index in [2.05, 4.69) is 219 Å². The minimum Gasteiger partial charge on any atom is -0.505 e. The van der Waals surface area contributed by atoms with Crippen LogP contribution in [0.1, 0.15) is 176 Å². The number of ether oxygens (including phenoxy) is 2. The second-order valence-corrected chi connectivity index (χ2v) is 30.1. The summed E-state index contributed by atoms with van der Waals surface area (Å²) in [5.74, 6) is 0.0206. The van der Waals surface area contributed by atoms with Crippen molar-refractivity contribution in [2.45, 2.75) is 177 Å². The first-order valence-corrected chi connectivity index (χ1v) is 30.2. The van der Waals surface area contributed by atoms with Crippen molar-refractivity contribution < 1.29 is 28.5 Å². The number of hydrogen-bond donors (Lipinski definition) is 2. The van der Waals surface area contributed by atoms with Crippen molar-refractivity contribution in [1.29, 1.82) is 0 Å². The molecule has 2 heterocycles. The van der Waals surface area contributed by atoms with Crippen LogP contribution in [0.3, 0.4) is 0 Å². The molecule has 0 saturated heterocycles. The maximum atomic E-state index is 16.0. The third-order valence-corrected chi connectivity index (χ3v) is 17.2. The smallest absolute Gasteiger partial charge is 0.147 e. The van der Waals surface area contributed by atoms with Crippen molar-refractivity contribution >= 4 is 43.6 Å². The molecule has 6 nitrogen and oxygen atoms in total. The van der Waals surface area contributed by atoms with Crippen LogP contribution in [0.15, 0.2) is 121 Å². The third kappa shape index (κ3) is 11.4. The molecule has 0 atom stereocenters. The van der Waals surface area contributed by atoms with Gasteiger partial charge < -0.3 is 28.8 Å². The van der Waals surface area contributed by atoms with E-state index < -0.39 is 11.6 Å². The minimum absolute atomic E-state index is 0.00904. The molecule has 0 amide bonds. The lowest BCUT2D eigenvalue weighted by Crippen LogP contribution is -2.13. The molecule has 85 heavy (non-hydrogen) atoms. The lowest BCUT2D eigenvalue weighted by atomic mass is 9.84. The van der Waals surface area contributed by atoms with Crippen LogP contribution in [0.4, 0.5) is 8.78 Å². The van der Waals surface area contributed by atoms with E-state index in [1.54, 1.807) is 0 Å². The molecule has 0 fully saturated rings. The molecule has 0 unspecified atom stereocenters. The molecule has 0 saturated carbocycles. The molecule has 0 aliphatic heterocycles. The van der Waals surface area contributed by atoms with Crippen LogP contribution >= 0.6 is 0 Å². The fourth-order valence-corrected chi connectivity index (χ4v) is 11.9. The monoisotopic (exact) mass is 1140 g/mol. The van der Waals surface area contributed by atoms with Gasteiger partial charge in [0.05, 0.1) is 46.7 Å². The number of hydrogen-bond acceptors (Lipinski definition) is 4. The third-order valence-electron chi connectivity index (χ3n) is 17.2. The molecule has 0 aliphatic rings. The van der Waals surface area contributed by atoms with Crippen molar-refractivity contribution in [3.8, 4) is 56.6 Å². The van der Waals surface area contributed by atoms with Gasteiger partial charge in [0.25, 0.3) is 0 Å². The lowest BCUT2D eigenvalue weighted by molar-refractivity contribution is 0.246. The van der Waals surface area contributed by atoms with E-state index in [9.17, 15) is 10.2 Å². The van der Waals surface area contributed by atoms with Crippen molar-refractivity contribution in [3.63, 3.8) is 0 Å².